The number of benzene rings is 2. The van der Waals surface area contributed by atoms with Crippen LogP contribution in [0.15, 0.2) is 66.2 Å². The van der Waals surface area contributed by atoms with E-state index in [9.17, 15) is 4.79 Å². The number of para-hydroxylation sites is 1. The molecular formula is C29H37NO2. The van der Waals surface area contributed by atoms with Crippen molar-refractivity contribution in [3.05, 3.63) is 77.4 Å². The van der Waals surface area contributed by atoms with Gasteiger partial charge in [-0.1, -0.05) is 57.2 Å². The van der Waals surface area contributed by atoms with E-state index in [0.29, 0.717) is 23.9 Å². The molecule has 1 fully saturated rings. The Morgan fingerprint density at radius 1 is 1.06 bits per heavy atom. The summed E-state index contributed by atoms with van der Waals surface area (Å²) in [6.07, 6.45) is 5.83. The molecule has 3 heteroatoms. The zero-order chi connectivity index (χ0) is 22.9. The molecule has 0 N–H and O–H groups in total. The third-order valence-electron chi connectivity index (χ3n) is 7.28. The van der Waals surface area contributed by atoms with Gasteiger partial charge in [-0.3, -0.25) is 4.79 Å². The third kappa shape index (κ3) is 4.92. The van der Waals surface area contributed by atoms with Gasteiger partial charge in [-0.05, 0) is 86.3 Å². The molecule has 1 amide bonds. The van der Waals surface area contributed by atoms with E-state index in [-0.39, 0.29) is 11.4 Å². The quantitative estimate of drug-likeness (QED) is 0.466. The minimum atomic E-state index is -0.236. The number of hydrogen-bond donors (Lipinski definition) is 0. The van der Waals surface area contributed by atoms with Crippen LogP contribution in [0.1, 0.15) is 63.4 Å². The first-order valence-electron chi connectivity index (χ1n) is 12.1. The molecule has 1 aliphatic carbocycles. The van der Waals surface area contributed by atoms with Crippen molar-refractivity contribution in [3.63, 3.8) is 0 Å². The monoisotopic (exact) mass is 431 g/mol. The second-order valence-corrected chi connectivity index (χ2v) is 10.6. The van der Waals surface area contributed by atoms with Crippen LogP contribution in [-0.4, -0.2) is 29.0 Å². The molecule has 0 radical (unpaired) electrons. The van der Waals surface area contributed by atoms with Crippen LogP contribution in [0.2, 0.25) is 0 Å². The molecule has 2 aromatic rings. The predicted molar refractivity (Wildman–Crippen MR) is 131 cm³/mol. The molecule has 1 unspecified atom stereocenters. The highest BCUT2D eigenvalue weighted by Gasteiger charge is 2.37. The van der Waals surface area contributed by atoms with E-state index in [1.807, 2.05) is 47.4 Å². The fourth-order valence-corrected chi connectivity index (χ4v) is 5.03. The summed E-state index contributed by atoms with van der Waals surface area (Å²) in [6, 6.07) is 18.4. The van der Waals surface area contributed by atoms with Crippen LogP contribution in [0.4, 0.5) is 0 Å². The molecule has 4 rings (SSSR count). The zero-order valence-corrected chi connectivity index (χ0v) is 20.2. The highest BCUT2D eigenvalue weighted by Crippen LogP contribution is 2.38. The average molecular weight is 432 g/mol. The van der Waals surface area contributed by atoms with Crippen LogP contribution in [0.5, 0.6) is 5.75 Å². The van der Waals surface area contributed by atoms with Crippen molar-refractivity contribution in [3.8, 4) is 5.75 Å². The van der Waals surface area contributed by atoms with Gasteiger partial charge in [0.2, 0.25) is 0 Å². The van der Waals surface area contributed by atoms with Crippen LogP contribution < -0.4 is 4.74 Å². The molecule has 32 heavy (non-hydrogen) atoms. The minimum absolute atomic E-state index is 0.136. The van der Waals surface area contributed by atoms with Gasteiger partial charge in [0.05, 0.1) is 11.6 Å². The lowest BCUT2D eigenvalue weighted by Crippen LogP contribution is -2.43. The van der Waals surface area contributed by atoms with Crippen molar-refractivity contribution in [2.75, 3.05) is 6.54 Å². The Hall–Kier alpha value is -2.55. The average Bonchev–Trinajstić information content (AvgIpc) is 3.06. The maximum Gasteiger partial charge on any atom is 0.254 e. The highest BCUT2D eigenvalue weighted by molar-refractivity contribution is 5.95. The number of ether oxygens (including phenoxy) is 1. The predicted octanol–water partition coefficient (Wildman–Crippen LogP) is 6.54. The van der Waals surface area contributed by atoms with Crippen LogP contribution in [0, 0.1) is 17.8 Å². The van der Waals surface area contributed by atoms with E-state index in [1.54, 1.807) is 0 Å². The molecule has 2 aliphatic rings. The first kappa shape index (κ1) is 22.6. The molecule has 2 aromatic carbocycles. The van der Waals surface area contributed by atoms with E-state index < -0.39 is 0 Å². The van der Waals surface area contributed by atoms with Gasteiger partial charge < -0.3 is 9.64 Å². The molecule has 170 valence electrons. The van der Waals surface area contributed by atoms with Gasteiger partial charge in [-0.25, -0.2) is 0 Å². The largest absolute Gasteiger partial charge is 0.490 e. The molecular weight excluding hydrogens is 394 g/mol. The summed E-state index contributed by atoms with van der Waals surface area (Å²) in [5.74, 6) is 2.83. The number of rotatable bonds is 7. The topological polar surface area (TPSA) is 29.5 Å². The lowest BCUT2D eigenvalue weighted by atomic mass is 9.72. The summed E-state index contributed by atoms with van der Waals surface area (Å²) in [5, 5.41) is 0. The lowest BCUT2D eigenvalue weighted by molar-refractivity contribution is 0.0375. The molecule has 0 aromatic heterocycles. The van der Waals surface area contributed by atoms with Crippen molar-refractivity contribution in [1.82, 2.24) is 4.90 Å². The fourth-order valence-electron chi connectivity index (χ4n) is 5.03. The van der Waals surface area contributed by atoms with Gasteiger partial charge in [0.15, 0.2) is 0 Å². The maximum absolute atomic E-state index is 13.4. The molecule has 0 spiro atoms. The van der Waals surface area contributed by atoms with E-state index in [4.69, 9.17) is 4.74 Å². The summed E-state index contributed by atoms with van der Waals surface area (Å²) in [7, 11) is 0. The standard InChI is InChI=1S/C29H37NO2/c1-20(2)25-18-29(4,5)30(19-25)28(31)23-11-9-10-22(15-23)14-21(3)24-16-27(17-24)32-26-12-7-6-8-13-26/h6-13,15,18,20-21,24,27H,14,16-17,19H2,1-5H3. The van der Waals surface area contributed by atoms with Gasteiger partial charge in [-0.2, -0.15) is 0 Å². The maximum atomic E-state index is 13.4. The Morgan fingerprint density at radius 2 is 1.78 bits per heavy atom. The molecule has 0 bridgehead atoms. The Morgan fingerprint density at radius 3 is 2.44 bits per heavy atom. The zero-order valence-electron chi connectivity index (χ0n) is 20.2. The van der Waals surface area contributed by atoms with Crippen molar-refractivity contribution in [2.45, 2.75) is 65.5 Å². The summed E-state index contributed by atoms with van der Waals surface area (Å²) >= 11 is 0. The van der Waals surface area contributed by atoms with E-state index >= 15 is 0 Å². The SMILES string of the molecule is CC(C)C1=CC(C)(C)N(C(=O)c2cccc(CC(C)C3CC(Oc4ccccc4)C3)c2)C1. The van der Waals surface area contributed by atoms with Gasteiger partial charge in [-0.15, -0.1) is 0 Å². The van der Waals surface area contributed by atoms with Crippen LogP contribution in [0.3, 0.4) is 0 Å². The number of carbonyl (C=O) groups is 1. The summed E-state index contributed by atoms with van der Waals surface area (Å²) in [6.45, 7) is 11.7. The first-order valence-corrected chi connectivity index (χ1v) is 12.1. The van der Waals surface area contributed by atoms with E-state index in [2.05, 4.69) is 52.8 Å². The van der Waals surface area contributed by atoms with Crippen molar-refractivity contribution in [2.24, 2.45) is 17.8 Å². The minimum Gasteiger partial charge on any atom is -0.490 e. The molecule has 1 saturated carbocycles. The first-order chi connectivity index (χ1) is 15.2. The smallest absolute Gasteiger partial charge is 0.254 e. The number of carbonyl (C=O) groups excluding carboxylic acids is 1. The second-order valence-electron chi connectivity index (χ2n) is 10.6. The van der Waals surface area contributed by atoms with Crippen molar-refractivity contribution < 1.29 is 9.53 Å². The number of hydrogen-bond acceptors (Lipinski definition) is 2. The number of amides is 1. The molecule has 1 heterocycles. The number of nitrogens with zero attached hydrogens (tertiary/aromatic N) is 1. The van der Waals surface area contributed by atoms with Crippen molar-refractivity contribution >= 4 is 5.91 Å². The molecule has 1 atom stereocenters. The van der Waals surface area contributed by atoms with Crippen LogP contribution in [-0.2, 0) is 6.42 Å². The fraction of sp³-hybridized carbons (Fsp3) is 0.483. The Bertz CT molecular complexity index is 970. The summed E-state index contributed by atoms with van der Waals surface area (Å²) in [4.78, 5) is 15.4. The Balaban J connectivity index is 1.34. The summed E-state index contributed by atoms with van der Waals surface area (Å²) in [5.41, 5.74) is 3.18. The van der Waals surface area contributed by atoms with Crippen LogP contribution >= 0.6 is 0 Å². The van der Waals surface area contributed by atoms with Gasteiger partial charge >= 0.3 is 0 Å². The highest BCUT2D eigenvalue weighted by atomic mass is 16.5. The molecule has 1 aliphatic heterocycles. The van der Waals surface area contributed by atoms with Crippen LogP contribution in [0.25, 0.3) is 0 Å². The van der Waals surface area contributed by atoms with Crippen molar-refractivity contribution in [1.29, 1.82) is 0 Å². The molecule has 3 nitrogen and oxygen atoms in total. The van der Waals surface area contributed by atoms with Gasteiger partial charge in [0.1, 0.15) is 5.75 Å². The Kier molecular flexibility index (Phi) is 6.46. The van der Waals surface area contributed by atoms with Gasteiger partial charge in [0.25, 0.3) is 5.91 Å². The third-order valence-corrected chi connectivity index (χ3v) is 7.28. The Labute approximate surface area is 193 Å². The second kappa shape index (κ2) is 9.13. The van der Waals surface area contributed by atoms with E-state index in [1.165, 1.54) is 11.1 Å². The molecule has 0 saturated heterocycles. The summed E-state index contributed by atoms with van der Waals surface area (Å²) < 4.78 is 6.08. The normalized spacial score (nSPS) is 22.9. The lowest BCUT2D eigenvalue weighted by Gasteiger charge is -2.39. The van der Waals surface area contributed by atoms with Gasteiger partial charge in [0, 0.05) is 12.1 Å². The van der Waals surface area contributed by atoms with E-state index in [0.717, 1.165) is 37.1 Å².